The Morgan fingerprint density at radius 2 is 1.69 bits per heavy atom. The third-order valence-electron chi connectivity index (χ3n) is 4.36. The summed E-state index contributed by atoms with van der Waals surface area (Å²) in [6.07, 6.45) is 1.01. The van der Waals surface area contributed by atoms with Crippen molar-refractivity contribution in [2.24, 2.45) is 5.92 Å². The molecule has 0 spiro atoms. The van der Waals surface area contributed by atoms with E-state index >= 15 is 0 Å². The lowest BCUT2D eigenvalue weighted by Gasteiger charge is -2.11. The van der Waals surface area contributed by atoms with E-state index in [4.69, 9.17) is 38.2 Å². The second-order valence-electron chi connectivity index (χ2n) is 6.75. The molecule has 26 heavy (non-hydrogen) atoms. The quantitative estimate of drug-likeness (QED) is 0.433. The molecule has 0 atom stereocenters. The van der Waals surface area contributed by atoms with Crippen molar-refractivity contribution in [1.29, 1.82) is 0 Å². The first-order valence-electron chi connectivity index (χ1n) is 8.61. The number of fused-ring (bicyclic) bond motifs is 2. The summed E-state index contributed by atoms with van der Waals surface area (Å²) in [5, 5.41) is 1.17. The molecule has 0 saturated carbocycles. The van der Waals surface area contributed by atoms with Gasteiger partial charge in [0, 0.05) is 17.1 Å². The molecule has 4 nitrogen and oxygen atoms in total. The molecule has 0 fully saturated rings. The van der Waals surface area contributed by atoms with E-state index in [1.807, 2.05) is 36.4 Å². The topological polar surface area (TPSA) is 43.6 Å². The zero-order valence-corrected chi connectivity index (χ0v) is 16.1. The Labute approximate surface area is 161 Å². The van der Waals surface area contributed by atoms with Crippen LogP contribution in [0, 0.1) is 5.92 Å². The highest BCUT2D eigenvalue weighted by Gasteiger charge is 2.18. The third-order valence-corrected chi connectivity index (χ3v) is 4.91. The van der Waals surface area contributed by atoms with Crippen molar-refractivity contribution in [3.63, 3.8) is 0 Å². The van der Waals surface area contributed by atoms with Crippen molar-refractivity contribution >= 4 is 45.5 Å². The summed E-state index contributed by atoms with van der Waals surface area (Å²) in [5.74, 6) is 1.34. The number of hydrogen-bond acceptors (Lipinski definition) is 3. The molecule has 0 bridgehead atoms. The summed E-state index contributed by atoms with van der Waals surface area (Å²) in [4.78, 5) is 14.3. The van der Waals surface area contributed by atoms with Crippen LogP contribution in [-0.4, -0.2) is 19.5 Å². The maximum Gasteiger partial charge on any atom is 0.198 e. The van der Waals surface area contributed by atoms with E-state index in [1.165, 1.54) is 0 Å². The van der Waals surface area contributed by atoms with E-state index in [0.717, 1.165) is 41.0 Å². The van der Waals surface area contributed by atoms with Gasteiger partial charge in [0.2, 0.25) is 0 Å². The van der Waals surface area contributed by atoms with Crippen LogP contribution in [0.4, 0.5) is 0 Å². The maximum atomic E-state index is 6.45. The molecular weight excluding hydrogens is 367 g/mol. The third kappa shape index (κ3) is 3.15. The Bertz CT molecular complexity index is 1100. The number of aromatic nitrogens is 4. The van der Waals surface area contributed by atoms with Gasteiger partial charge in [0.25, 0.3) is 0 Å². The highest BCUT2D eigenvalue weighted by atomic mass is 35.5. The predicted molar refractivity (Wildman–Crippen MR) is 108 cm³/mol. The molecule has 2 heterocycles. The van der Waals surface area contributed by atoms with E-state index in [0.29, 0.717) is 21.6 Å². The van der Waals surface area contributed by atoms with Gasteiger partial charge in [-0.2, -0.15) is 0 Å². The second-order valence-corrected chi connectivity index (χ2v) is 7.60. The summed E-state index contributed by atoms with van der Waals surface area (Å²) in [6, 6.07) is 13.3. The fraction of sp³-hybridized carbons (Fsp3) is 0.250. The SMILES string of the molecule is CC(C)CCn1c(-c2ccc(Cl)cc2Cl)nc2nc3ccccc3nc21. The summed E-state index contributed by atoms with van der Waals surface area (Å²) in [6.45, 7) is 5.21. The molecule has 0 N–H and O–H groups in total. The molecule has 0 amide bonds. The minimum atomic E-state index is 0.564. The van der Waals surface area contributed by atoms with Gasteiger partial charge in [-0.25, -0.2) is 15.0 Å². The number of rotatable bonds is 4. The second kappa shape index (κ2) is 6.86. The molecule has 6 heteroatoms. The lowest BCUT2D eigenvalue weighted by Crippen LogP contribution is -2.05. The normalized spacial score (nSPS) is 11.7. The smallest absolute Gasteiger partial charge is 0.198 e. The van der Waals surface area contributed by atoms with Gasteiger partial charge in [0.15, 0.2) is 11.3 Å². The van der Waals surface area contributed by atoms with Crippen LogP contribution in [0.2, 0.25) is 10.0 Å². The molecule has 0 saturated heterocycles. The minimum absolute atomic E-state index is 0.564. The first-order valence-corrected chi connectivity index (χ1v) is 9.37. The van der Waals surface area contributed by atoms with E-state index in [2.05, 4.69) is 18.4 Å². The Kier molecular flexibility index (Phi) is 4.55. The lowest BCUT2D eigenvalue weighted by molar-refractivity contribution is 0.524. The summed E-state index contributed by atoms with van der Waals surface area (Å²) < 4.78 is 2.11. The highest BCUT2D eigenvalue weighted by molar-refractivity contribution is 6.36. The van der Waals surface area contributed by atoms with Crippen molar-refractivity contribution in [2.45, 2.75) is 26.8 Å². The van der Waals surface area contributed by atoms with E-state index in [1.54, 1.807) is 6.07 Å². The zero-order valence-electron chi connectivity index (χ0n) is 14.6. The summed E-state index contributed by atoms with van der Waals surface area (Å²) in [7, 11) is 0. The first-order chi connectivity index (χ1) is 12.5. The molecule has 2 aromatic heterocycles. The Morgan fingerprint density at radius 3 is 2.38 bits per heavy atom. The number of benzene rings is 2. The number of aryl methyl sites for hydroxylation is 1. The van der Waals surface area contributed by atoms with Crippen LogP contribution in [0.15, 0.2) is 42.5 Å². The van der Waals surface area contributed by atoms with Gasteiger partial charge in [-0.05, 0) is 42.7 Å². The number of imidazole rings is 1. The van der Waals surface area contributed by atoms with Gasteiger partial charge >= 0.3 is 0 Å². The largest absolute Gasteiger partial charge is 0.307 e. The van der Waals surface area contributed by atoms with Crippen molar-refractivity contribution in [1.82, 2.24) is 19.5 Å². The molecular formula is C20H18Cl2N4. The fourth-order valence-electron chi connectivity index (χ4n) is 2.97. The average Bonchev–Trinajstić information content (AvgIpc) is 2.95. The van der Waals surface area contributed by atoms with Gasteiger partial charge in [0.05, 0.1) is 16.1 Å². The van der Waals surface area contributed by atoms with Crippen molar-refractivity contribution < 1.29 is 0 Å². The van der Waals surface area contributed by atoms with Crippen LogP contribution in [0.3, 0.4) is 0 Å². The standard InChI is InChI=1S/C20H18Cl2N4/c1-12(2)9-10-26-19(14-8-7-13(21)11-15(14)22)25-18-20(26)24-17-6-4-3-5-16(17)23-18/h3-8,11-12H,9-10H2,1-2H3. The Balaban J connectivity index is 1.97. The first kappa shape index (κ1) is 17.3. The van der Waals surface area contributed by atoms with Crippen molar-refractivity contribution in [3.05, 3.63) is 52.5 Å². The number of halogens is 2. The van der Waals surface area contributed by atoms with Crippen LogP contribution in [0.25, 0.3) is 33.7 Å². The van der Waals surface area contributed by atoms with Crippen molar-refractivity contribution in [3.8, 4) is 11.4 Å². The zero-order chi connectivity index (χ0) is 18.3. The van der Waals surface area contributed by atoms with Crippen LogP contribution in [-0.2, 0) is 6.54 Å². The van der Waals surface area contributed by atoms with Gasteiger partial charge < -0.3 is 4.57 Å². The van der Waals surface area contributed by atoms with Gasteiger partial charge in [0.1, 0.15) is 5.82 Å². The van der Waals surface area contributed by atoms with E-state index in [-0.39, 0.29) is 0 Å². The predicted octanol–water partition coefficient (Wildman–Crippen LogP) is 6.00. The molecule has 0 aliphatic rings. The molecule has 4 rings (SSSR count). The van der Waals surface area contributed by atoms with Crippen molar-refractivity contribution in [2.75, 3.05) is 0 Å². The van der Waals surface area contributed by atoms with E-state index in [9.17, 15) is 0 Å². The van der Waals surface area contributed by atoms with Crippen LogP contribution < -0.4 is 0 Å². The molecule has 132 valence electrons. The molecule has 0 aliphatic carbocycles. The number of hydrogen-bond donors (Lipinski definition) is 0. The van der Waals surface area contributed by atoms with Gasteiger partial charge in [-0.3, -0.25) is 0 Å². The van der Waals surface area contributed by atoms with Gasteiger partial charge in [-0.15, -0.1) is 0 Å². The number of para-hydroxylation sites is 2. The van der Waals surface area contributed by atoms with Crippen LogP contribution in [0.5, 0.6) is 0 Å². The number of nitrogens with zero attached hydrogens (tertiary/aromatic N) is 4. The van der Waals surface area contributed by atoms with Gasteiger partial charge in [-0.1, -0.05) is 49.2 Å². The van der Waals surface area contributed by atoms with E-state index < -0.39 is 0 Å². The Morgan fingerprint density at radius 1 is 0.962 bits per heavy atom. The highest BCUT2D eigenvalue weighted by Crippen LogP contribution is 2.32. The Hall–Kier alpha value is -2.17. The maximum absolute atomic E-state index is 6.45. The molecule has 0 unspecified atom stereocenters. The average molecular weight is 385 g/mol. The summed E-state index contributed by atoms with van der Waals surface area (Å²) in [5.41, 5.74) is 3.95. The van der Waals surface area contributed by atoms with Crippen LogP contribution in [0.1, 0.15) is 20.3 Å². The van der Waals surface area contributed by atoms with Crippen LogP contribution >= 0.6 is 23.2 Å². The molecule has 0 radical (unpaired) electrons. The lowest BCUT2D eigenvalue weighted by atomic mass is 10.1. The minimum Gasteiger partial charge on any atom is -0.307 e. The summed E-state index contributed by atoms with van der Waals surface area (Å²) >= 11 is 12.5. The monoisotopic (exact) mass is 384 g/mol. The molecule has 4 aromatic rings. The molecule has 0 aliphatic heterocycles. The fourth-order valence-corrected chi connectivity index (χ4v) is 3.47. The molecule has 2 aromatic carbocycles.